The molecule has 1 spiro atoms. The fraction of sp³-hybridized carbons (Fsp3) is 0.517. The van der Waals surface area contributed by atoms with Crippen LogP contribution in [0, 0.1) is 5.41 Å². The van der Waals surface area contributed by atoms with Crippen molar-refractivity contribution in [3.63, 3.8) is 0 Å². The predicted molar refractivity (Wildman–Crippen MR) is 156 cm³/mol. The third kappa shape index (κ3) is 5.75. The number of anilines is 3. The molecule has 0 unspecified atom stereocenters. The maximum atomic E-state index is 13.1. The molecular formula is C29H37ClN6O3. The largest absolute Gasteiger partial charge is 0.480 e. The van der Waals surface area contributed by atoms with Crippen LogP contribution in [0.15, 0.2) is 35.3 Å². The number of halogens is 1. The minimum absolute atomic E-state index is 0.0602. The molecule has 0 aliphatic carbocycles. The number of carbonyl (C=O) groups is 1. The van der Waals surface area contributed by atoms with E-state index in [1.165, 1.54) is 12.8 Å². The molecule has 2 aliphatic heterocycles. The quantitative estimate of drug-likeness (QED) is 0.415. The molecule has 10 heteroatoms. The molecule has 39 heavy (non-hydrogen) atoms. The van der Waals surface area contributed by atoms with Crippen LogP contribution in [0.2, 0.25) is 5.02 Å². The van der Waals surface area contributed by atoms with Gasteiger partial charge in [0.15, 0.2) is 17.4 Å². The summed E-state index contributed by atoms with van der Waals surface area (Å²) in [6.07, 6.45) is 5.58. The Morgan fingerprint density at radius 2 is 1.92 bits per heavy atom. The summed E-state index contributed by atoms with van der Waals surface area (Å²) in [5.74, 6) is 1.32. The van der Waals surface area contributed by atoms with E-state index in [1.807, 2.05) is 32.0 Å². The van der Waals surface area contributed by atoms with Gasteiger partial charge in [-0.3, -0.25) is 9.59 Å². The lowest BCUT2D eigenvalue weighted by Gasteiger charge is -2.37. The highest BCUT2D eigenvalue weighted by molar-refractivity contribution is 6.32. The normalized spacial score (nSPS) is 17.3. The van der Waals surface area contributed by atoms with Crippen LogP contribution in [0.3, 0.4) is 0 Å². The fourth-order valence-corrected chi connectivity index (χ4v) is 5.75. The number of nitrogens with one attached hydrogen (secondary N) is 1. The van der Waals surface area contributed by atoms with E-state index in [4.69, 9.17) is 21.3 Å². The van der Waals surface area contributed by atoms with Crippen molar-refractivity contribution >= 4 is 45.7 Å². The number of fused-ring (bicyclic) bond motifs is 1. The second kappa shape index (κ2) is 11.1. The third-order valence-corrected chi connectivity index (χ3v) is 8.34. The summed E-state index contributed by atoms with van der Waals surface area (Å²) in [7, 11) is 2.19. The number of benzene rings is 1. The predicted octanol–water partition coefficient (Wildman–Crippen LogP) is 5.05. The summed E-state index contributed by atoms with van der Waals surface area (Å²) in [6, 6.07) is 7.35. The molecule has 2 aromatic heterocycles. The van der Waals surface area contributed by atoms with E-state index in [2.05, 4.69) is 27.1 Å². The van der Waals surface area contributed by atoms with E-state index in [-0.39, 0.29) is 29.7 Å². The monoisotopic (exact) mass is 552 g/mol. The minimum atomic E-state index is -0.251. The lowest BCUT2D eigenvalue weighted by molar-refractivity contribution is -0.120. The molecule has 2 aliphatic rings. The van der Waals surface area contributed by atoms with Gasteiger partial charge in [0.25, 0.3) is 5.56 Å². The number of Topliss-reactive ketones (excluding diaryl/α,β-unsaturated/α-hetero) is 1. The molecule has 5 rings (SSSR count). The van der Waals surface area contributed by atoms with Crippen LogP contribution in [-0.2, 0) is 4.79 Å². The maximum Gasteiger partial charge on any atom is 0.293 e. The first-order valence-electron chi connectivity index (χ1n) is 13.7. The topological polar surface area (TPSA) is 92.6 Å². The summed E-state index contributed by atoms with van der Waals surface area (Å²) >= 11 is 6.52. The maximum absolute atomic E-state index is 13.1. The molecule has 2 saturated heterocycles. The number of piperidine rings is 1. The van der Waals surface area contributed by atoms with Gasteiger partial charge < -0.3 is 24.4 Å². The van der Waals surface area contributed by atoms with Gasteiger partial charge >= 0.3 is 0 Å². The van der Waals surface area contributed by atoms with Crippen molar-refractivity contribution in [2.24, 2.45) is 5.41 Å². The summed E-state index contributed by atoms with van der Waals surface area (Å²) in [5, 5.41) is 4.59. The molecule has 208 valence electrons. The first-order chi connectivity index (χ1) is 18.7. The second-order valence-electron chi connectivity index (χ2n) is 11.2. The molecular weight excluding hydrogens is 516 g/mol. The fourth-order valence-electron chi connectivity index (χ4n) is 5.62. The van der Waals surface area contributed by atoms with Crippen LogP contribution in [0.25, 0.3) is 10.9 Å². The summed E-state index contributed by atoms with van der Waals surface area (Å²) in [6.45, 7) is 9.73. The number of likely N-dealkylation sites (tertiary alicyclic amines) is 1. The number of aromatic nitrogens is 3. The number of pyridine rings is 1. The van der Waals surface area contributed by atoms with Crippen LogP contribution >= 0.6 is 11.6 Å². The van der Waals surface area contributed by atoms with Gasteiger partial charge in [0.1, 0.15) is 11.6 Å². The highest BCUT2D eigenvalue weighted by Gasteiger charge is 2.40. The molecule has 0 amide bonds. The van der Waals surface area contributed by atoms with E-state index in [9.17, 15) is 9.59 Å². The Hall–Kier alpha value is -3.17. The molecule has 0 saturated carbocycles. The Morgan fingerprint density at radius 3 is 2.64 bits per heavy atom. The number of nitrogens with zero attached hydrogens (tertiary/aromatic N) is 5. The zero-order valence-corrected chi connectivity index (χ0v) is 23.9. The van der Waals surface area contributed by atoms with Gasteiger partial charge in [-0.1, -0.05) is 18.5 Å². The molecule has 3 aromatic rings. The van der Waals surface area contributed by atoms with Gasteiger partial charge in [-0.15, -0.1) is 0 Å². The number of rotatable bonds is 8. The number of hydrogen-bond donors (Lipinski definition) is 1. The number of ether oxygens (including phenoxy) is 1. The molecule has 1 aromatic carbocycles. The Balaban J connectivity index is 1.41. The number of ketones is 1. The lowest BCUT2D eigenvalue weighted by Crippen LogP contribution is -2.39. The Morgan fingerprint density at radius 1 is 1.18 bits per heavy atom. The Labute approximate surface area is 234 Å². The molecule has 2 fully saturated rings. The first-order valence-corrected chi connectivity index (χ1v) is 14.1. The Bertz CT molecular complexity index is 1430. The average Bonchev–Trinajstić information content (AvgIpc) is 3.34. The Kier molecular flexibility index (Phi) is 7.82. The van der Waals surface area contributed by atoms with Crippen LogP contribution in [0.1, 0.15) is 52.5 Å². The van der Waals surface area contributed by atoms with Crippen LogP contribution < -0.4 is 20.5 Å². The SMILES string of the molecule is CCC(=O)COc1cc2cc(Nc3nc(N4CCC5(CCN(C)CC5)C4)ncc3Cl)ccc2n(C(C)C)c1=O. The van der Waals surface area contributed by atoms with Gasteiger partial charge in [-0.05, 0) is 82.9 Å². The van der Waals surface area contributed by atoms with Gasteiger partial charge in [0.2, 0.25) is 5.95 Å². The zero-order chi connectivity index (χ0) is 27.7. The molecule has 0 atom stereocenters. The highest BCUT2D eigenvalue weighted by atomic mass is 35.5. The summed E-state index contributed by atoms with van der Waals surface area (Å²) < 4.78 is 7.33. The summed E-state index contributed by atoms with van der Waals surface area (Å²) in [5.41, 5.74) is 1.64. The third-order valence-electron chi connectivity index (χ3n) is 8.07. The van der Waals surface area contributed by atoms with Crippen LogP contribution in [0.5, 0.6) is 5.75 Å². The van der Waals surface area contributed by atoms with E-state index in [0.717, 1.165) is 49.2 Å². The van der Waals surface area contributed by atoms with Crippen molar-refractivity contribution in [3.8, 4) is 5.75 Å². The minimum Gasteiger partial charge on any atom is -0.480 e. The summed E-state index contributed by atoms with van der Waals surface area (Å²) in [4.78, 5) is 39.0. The van der Waals surface area contributed by atoms with Crippen molar-refractivity contribution in [2.45, 2.75) is 52.5 Å². The van der Waals surface area contributed by atoms with E-state index < -0.39 is 0 Å². The molecule has 1 N–H and O–H groups in total. The molecule has 0 radical (unpaired) electrons. The smallest absolute Gasteiger partial charge is 0.293 e. The van der Waals surface area contributed by atoms with E-state index in [1.54, 1.807) is 23.8 Å². The number of carbonyl (C=O) groups excluding carboxylic acids is 1. The van der Waals surface area contributed by atoms with E-state index >= 15 is 0 Å². The molecule has 9 nitrogen and oxygen atoms in total. The van der Waals surface area contributed by atoms with Crippen molar-refractivity contribution < 1.29 is 9.53 Å². The first kappa shape index (κ1) is 27.4. The standard InChI is InChI=1S/C29H37ClN6O3/c1-5-22(37)17-39-25-15-20-14-21(6-7-24(20)36(19(2)3)27(25)38)32-26-23(30)16-31-28(33-26)35-13-10-29(18-35)8-11-34(4)12-9-29/h6-7,14-16,19H,5,8-13,17-18H2,1-4H3,(H,31,32,33). The van der Waals surface area contributed by atoms with Crippen LogP contribution in [0.4, 0.5) is 17.5 Å². The second-order valence-corrected chi connectivity index (χ2v) is 11.6. The van der Waals surface area contributed by atoms with Crippen molar-refractivity contribution in [1.29, 1.82) is 0 Å². The van der Waals surface area contributed by atoms with Gasteiger partial charge in [0, 0.05) is 36.6 Å². The van der Waals surface area contributed by atoms with Gasteiger partial charge in [0.05, 0.1) is 11.7 Å². The van der Waals surface area contributed by atoms with Crippen molar-refractivity contribution in [3.05, 3.63) is 45.8 Å². The molecule has 0 bridgehead atoms. The van der Waals surface area contributed by atoms with Gasteiger partial charge in [-0.25, -0.2) is 4.98 Å². The van der Waals surface area contributed by atoms with Gasteiger partial charge in [-0.2, -0.15) is 4.98 Å². The average molecular weight is 553 g/mol. The highest BCUT2D eigenvalue weighted by Crippen LogP contribution is 2.41. The zero-order valence-electron chi connectivity index (χ0n) is 23.2. The van der Waals surface area contributed by atoms with Crippen molar-refractivity contribution in [1.82, 2.24) is 19.4 Å². The lowest BCUT2D eigenvalue weighted by atomic mass is 9.78. The van der Waals surface area contributed by atoms with Crippen LogP contribution in [-0.4, -0.2) is 65.1 Å². The molecule has 4 heterocycles. The van der Waals surface area contributed by atoms with Crippen molar-refractivity contribution in [2.75, 3.05) is 50.1 Å². The number of hydrogen-bond acceptors (Lipinski definition) is 8. The van der Waals surface area contributed by atoms with E-state index in [0.29, 0.717) is 28.6 Å².